The van der Waals surface area contributed by atoms with Crippen LogP contribution >= 0.6 is 0 Å². The lowest BCUT2D eigenvalue weighted by Gasteiger charge is -2.30. The molecule has 0 atom stereocenters. The van der Waals surface area contributed by atoms with Crippen LogP contribution < -0.4 is 5.73 Å². The first-order valence-corrected chi connectivity index (χ1v) is 6.86. The Kier molecular flexibility index (Phi) is 3.11. The lowest BCUT2D eigenvalue weighted by molar-refractivity contribution is 0.359. The van der Waals surface area contributed by atoms with Gasteiger partial charge in [0.2, 0.25) is 0 Å². The summed E-state index contributed by atoms with van der Waals surface area (Å²) in [6.07, 6.45) is 0.676. The van der Waals surface area contributed by atoms with Gasteiger partial charge in [-0.1, -0.05) is 12.1 Å². The molecule has 2 rings (SSSR count). The van der Waals surface area contributed by atoms with Crippen molar-refractivity contribution >= 4 is 15.9 Å². The van der Waals surface area contributed by atoms with Gasteiger partial charge in [0.15, 0.2) is 0 Å². The number of hydrogen-bond acceptors (Lipinski definition) is 3. The van der Waals surface area contributed by atoms with E-state index in [1.165, 1.54) is 8.61 Å². The first kappa shape index (κ1) is 12.3. The van der Waals surface area contributed by atoms with E-state index >= 15 is 0 Å². The van der Waals surface area contributed by atoms with Gasteiger partial charge in [0.05, 0.1) is 0 Å². The third-order valence-corrected chi connectivity index (χ3v) is 4.94. The molecule has 1 aliphatic rings. The number of nitrogens with zero attached hydrogens (tertiary/aromatic N) is 2. The normalized spacial score (nSPS) is 17.1. The highest BCUT2D eigenvalue weighted by atomic mass is 32.2. The van der Waals surface area contributed by atoms with Crippen LogP contribution in [-0.4, -0.2) is 37.7 Å². The van der Waals surface area contributed by atoms with Gasteiger partial charge < -0.3 is 5.73 Å². The molecule has 0 bridgehead atoms. The van der Waals surface area contributed by atoms with Gasteiger partial charge in [-0.05, 0) is 23.6 Å². The molecular formula is C11H17N3O2S. The minimum atomic E-state index is -3.33. The molecule has 0 aromatic heterocycles. The van der Waals surface area contributed by atoms with E-state index in [1.54, 1.807) is 14.1 Å². The van der Waals surface area contributed by atoms with Crippen molar-refractivity contribution in [1.29, 1.82) is 0 Å². The highest BCUT2D eigenvalue weighted by Crippen LogP contribution is 2.25. The number of anilines is 1. The minimum absolute atomic E-state index is 0.404. The van der Waals surface area contributed by atoms with Crippen LogP contribution in [0, 0.1) is 0 Å². The summed E-state index contributed by atoms with van der Waals surface area (Å²) in [6, 6.07) is 5.65. The fourth-order valence-electron chi connectivity index (χ4n) is 2.04. The highest BCUT2D eigenvalue weighted by molar-refractivity contribution is 7.86. The molecule has 94 valence electrons. The third kappa shape index (κ3) is 2.15. The van der Waals surface area contributed by atoms with Gasteiger partial charge in [-0.3, -0.25) is 0 Å². The van der Waals surface area contributed by atoms with E-state index in [4.69, 9.17) is 5.73 Å². The molecule has 0 saturated heterocycles. The Labute approximate surface area is 102 Å². The predicted octanol–water partition coefficient (Wildman–Crippen LogP) is 0.433. The Balaban J connectivity index is 2.32. The van der Waals surface area contributed by atoms with Crippen LogP contribution in [0.15, 0.2) is 18.2 Å². The van der Waals surface area contributed by atoms with E-state index in [0.29, 0.717) is 19.5 Å². The number of fused-ring (bicyclic) bond motifs is 1. The van der Waals surface area contributed by atoms with Gasteiger partial charge in [-0.25, -0.2) is 0 Å². The molecule has 0 radical (unpaired) electrons. The molecule has 0 spiro atoms. The van der Waals surface area contributed by atoms with Crippen molar-refractivity contribution in [3.63, 3.8) is 0 Å². The second kappa shape index (κ2) is 4.29. The van der Waals surface area contributed by atoms with Crippen molar-refractivity contribution in [3.8, 4) is 0 Å². The van der Waals surface area contributed by atoms with Crippen molar-refractivity contribution in [2.24, 2.45) is 0 Å². The Morgan fingerprint density at radius 3 is 2.71 bits per heavy atom. The van der Waals surface area contributed by atoms with Crippen molar-refractivity contribution < 1.29 is 8.42 Å². The van der Waals surface area contributed by atoms with Crippen LogP contribution in [0.5, 0.6) is 0 Å². The maximum Gasteiger partial charge on any atom is 0.281 e. The van der Waals surface area contributed by atoms with Crippen LogP contribution in [-0.2, 0) is 23.2 Å². The topological polar surface area (TPSA) is 66.6 Å². The Bertz CT molecular complexity index is 526. The number of nitrogens with two attached hydrogens (primary N) is 1. The second-order valence-corrected chi connectivity index (χ2v) is 6.50. The van der Waals surface area contributed by atoms with E-state index in [9.17, 15) is 8.42 Å². The Morgan fingerprint density at radius 1 is 1.35 bits per heavy atom. The molecule has 5 nitrogen and oxygen atoms in total. The molecule has 1 aliphatic heterocycles. The quantitative estimate of drug-likeness (QED) is 0.779. The molecule has 0 aliphatic carbocycles. The van der Waals surface area contributed by atoms with Crippen LogP contribution in [0.4, 0.5) is 5.69 Å². The molecule has 2 N–H and O–H groups in total. The number of rotatable bonds is 2. The fraction of sp³-hybridized carbons (Fsp3) is 0.455. The van der Waals surface area contributed by atoms with Gasteiger partial charge in [0.1, 0.15) is 0 Å². The zero-order valence-electron chi connectivity index (χ0n) is 10.0. The summed E-state index contributed by atoms with van der Waals surface area (Å²) in [5.74, 6) is 0. The van der Waals surface area contributed by atoms with Gasteiger partial charge in [-0.2, -0.15) is 17.0 Å². The number of nitrogen functional groups attached to an aromatic ring is 1. The summed E-state index contributed by atoms with van der Waals surface area (Å²) in [6.45, 7) is 0.891. The summed E-state index contributed by atoms with van der Waals surface area (Å²) in [7, 11) is -0.238. The van der Waals surface area contributed by atoms with E-state index in [0.717, 1.165) is 16.8 Å². The summed E-state index contributed by atoms with van der Waals surface area (Å²) in [5, 5.41) is 0. The van der Waals surface area contributed by atoms with Crippen LogP contribution in [0.2, 0.25) is 0 Å². The molecule has 0 amide bonds. The average Bonchev–Trinajstić information content (AvgIpc) is 2.28. The molecule has 0 unspecified atom stereocenters. The monoisotopic (exact) mass is 255 g/mol. The van der Waals surface area contributed by atoms with E-state index < -0.39 is 10.2 Å². The molecule has 6 heteroatoms. The fourth-order valence-corrected chi connectivity index (χ4v) is 3.13. The predicted molar refractivity (Wildman–Crippen MR) is 67.6 cm³/mol. The standard InChI is InChI=1S/C11H17N3O2S/c1-13(2)17(15,16)14-7-6-10-9(8-14)4-3-5-11(10)12/h3-5H,6-8,12H2,1-2H3. The lowest BCUT2D eigenvalue weighted by Crippen LogP contribution is -2.42. The van der Waals surface area contributed by atoms with E-state index in [1.807, 2.05) is 18.2 Å². The van der Waals surface area contributed by atoms with Gasteiger partial charge in [-0.15, -0.1) is 0 Å². The molecule has 0 fully saturated rings. The van der Waals surface area contributed by atoms with E-state index in [-0.39, 0.29) is 0 Å². The maximum atomic E-state index is 12.0. The van der Waals surface area contributed by atoms with Crippen molar-refractivity contribution in [2.75, 3.05) is 26.4 Å². The largest absolute Gasteiger partial charge is 0.398 e. The third-order valence-electron chi connectivity index (χ3n) is 3.05. The Hall–Kier alpha value is -1.11. The molecule has 1 aromatic rings. The molecule has 1 heterocycles. The summed E-state index contributed by atoms with van der Waals surface area (Å²) in [4.78, 5) is 0. The SMILES string of the molecule is CN(C)S(=O)(=O)N1CCc2c(N)cccc2C1. The van der Waals surface area contributed by atoms with Gasteiger partial charge in [0, 0.05) is 32.9 Å². The molecule has 17 heavy (non-hydrogen) atoms. The second-order valence-electron chi connectivity index (χ2n) is 4.36. The van der Waals surface area contributed by atoms with Crippen LogP contribution in [0.1, 0.15) is 11.1 Å². The van der Waals surface area contributed by atoms with Crippen LogP contribution in [0.25, 0.3) is 0 Å². The molecular weight excluding hydrogens is 238 g/mol. The first-order chi connectivity index (χ1) is 7.93. The van der Waals surface area contributed by atoms with Gasteiger partial charge in [0.25, 0.3) is 10.2 Å². The zero-order chi connectivity index (χ0) is 12.6. The summed E-state index contributed by atoms with van der Waals surface area (Å²) in [5.41, 5.74) is 8.71. The molecule has 0 saturated carbocycles. The molecule has 1 aromatic carbocycles. The van der Waals surface area contributed by atoms with Crippen molar-refractivity contribution in [3.05, 3.63) is 29.3 Å². The Morgan fingerprint density at radius 2 is 2.06 bits per heavy atom. The smallest absolute Gasteiger partial charge is 0.281 e. The highest BCUT2D eigenvalue weighted by Gasteiger charge is 2.28. The van der Waals surface area contributed by atoms with Gasteiger partial charge >= 0.3 is 0 Å². The van der Waals surface area contributed by atoms with Crippen LogP contribution in [0.3, 0.4) is 0 Å². The lowest BCUT2D eigenvalue weighted by atomic mass is 9.99. The van der Waals surface area contributed by atoms with Crippen molar-refractivity contribution in [1.82, 2.24) is 8.61 Å². The van der Waals surface area contributed by atoms with Crippen molar-refractivity contribution in [2.45, 2.75) is 13.0 Å². The first-order valence-electron chi connectivity index (χ1n) is 5.47. The number of hydrogen-bond donors (Lipinski definition) is 1. The summed E-state index contributed by atoms with van der Waals surface area (Å²) >= 11 is 0. The maximum absolute atomic E-state index is 12.0. The minimum Gasteiger partial charge on any atom is -0.398 e. The average molecular weight is 255 g/mol. The van der Waals surface area contributed by atoms with E-state index in [2.05, 4.69) is 0 Å². The number of benzene rings is 1. The summed E-state index contributed by atoms with van der Waals surface area (Å²) < 4.78 is 26.7. The zero-order valence-corrected chi connectivity index (χ0v) is 10.9.